The van der Waals surface area contributed by atoms with E-state index in [1.54, 1.807) is 0 Å². The minimum Gasteiger partial charge on any atom is -0.387 e. The second kappa shape index (κ2) is 4.52. The topological polar surface area (TPSA) is 57.6 Å². The van der Waals surface area contributed by atoms with Crippen LogP contribution in [0.5, 0.6) is 0 Å². The molecule has 2 aliphatic rings. The first kappa shape index (κ1) is 13.3. The van der Waals surface area contributed by atoms with Crippen LogP contribution in [0.1, 0.15) is 46.0 Å². The summed E-state index contributed by atoms with van der Waals surface area (Å²) in [7, 11) is -3.16. The van der Waals surface area contributed by atoms with Crippen molar-refractivity contribution in [3.8, 4) is 0 Å². The Morgan fingerprint density at radius 3 is 2.18 bits per heavy atom. The molecule has 0 spiro atoms. The molecule has 1 saturated carbocycles. The zero-order chi connectivity index (χ0) is 12.7. The van der Waals surface area contributed by atoms with Crippen molar-refractivity contribution in [2.45, 2.75) is 56.8 Å². The second-order valence-corrected chi connectivity index (χ2v) is 8.04. The highest BCUT2D eigenvalue weighted by molar-refractivity contribution is 7.89. The number of β-amino-alcohol motifs (C(OH)–C–C–N with tert-alkyl or cyclic N) is 1. The van der Waals surface area contributed by atoms with Crippen LogP contribution in [0.2, 0.25) is 0 Å². The zero-order valence-corrected chi connectivity index (χ0v) is 11.5. The van der Waals surface area contributed by atoms with Gasteiger partial charge in [0.15, 0.2) is 0 Å². The molecule has 0 atom stereocenters. The number of aliphatic hydroxyl groups is 1. The summed E-state index contributed by atoms with van der Waals surface area (Å²) in [5, 5.41) is 9.91. The number of hydrogen-bond donors (Lipinski definition) is 1. The first-order chi connectivity index (χ1) is 7.86. The summed E-state index contributed by atoms with van der Waals surface area (Å²) in [4.78, 5) is 0. The van der Waals surface area contributed by atoms with Gasteiger partial charge in [-0.15, -0.1) is 0 Å². The lowest BCUT2D eigenvalue weighted by Crippen LogP contribution is -2.67. The number of sulfonamides is 1. The fourth-order valence-electron chi connectivity index (χ4n) is 2.68. The van der Waals surface area contributed by atoms with E-state index in [4.69, 9.17) is 0 Å². The van der Waals surface area contributed by atoms with Gasteiger partial charge < -0.3 is 5.11 Å². The monoisotopic (exact) mass is 261 g/mol. The minimum absolute atomic E-state index is 0.111. The Morgan fingerprint density at radius 1 is 1.18 bits per heavy atom. The summed E-state index contributed by atoms with van der Waals surface area (Å²) in [5.74, 6) is 0.111. The van der Waals surface area contributed by atoms with Crippen LogP contribution < -0.4 is 0 Å². The molecule has 1 N–H and O–H groups in total. The Morgan fingerprint density at radius 2 is 1.71 bits per heavy atom. The largest absolute Gasteiger partial charge is 0.387 e. The molecule has 100 valence electrons. The number of rotatable bonds is 3. The molecule has 17 heavy (non-hydrogen) atoms. The Bertz CT molecular complexity index is 365. The summed E-state index contributed by atoms with van der Waals surface area (Å²) in [6, 6.07) is 0. The maximum Gasteiger partial charge on any atom is 0.217 e. The van der Waals surface area contributed by atoms with Crippen LogP contribution in [0.25, 0.3) is 0 Å². The quantitative estimate of drug-likeness (QED) is 0.834. The average Bonchev–Trinajstić information content (AvgIpc) is 2.25. The van der Waals surface area contributed by atoms with Crippen LogP contribution in [0, 0.1) is 5.92 Å². The van der Waals surface area contributed by atoms with Gasteiger partial charge in [0.2, 0.25) is 10.0 Å². The predicted molar refractivity (Wildman–Crippen MR) is 67.2 cm³/mol. The molecule has 0 bridgehead atoms. The van der Waals surface area contributed by atoms with Crippen molar-refractivity contribution >= 4 is 10.0 Å². The summed E-state index contributed by atoms with van der Waals surface area (Å²) in [6.07, 6.45) is 4.78. The summed E-state index contributed by atoms with van der Waals surface area (Å²) in [5.41, 5.74) is -0.804. The fraction of sp³-hybridized carbons (Fsp3) is 1.00. The highest BCUT2D eigenvalue weighted by Gasteiger charge is 2.50. The lowest BCUT2D eigenvalue weighted by Gasteiger charge is -2.49. The van der Waals surface area contributed by atoms with E-state index >= 15 is 0 Å². The molecule has 0 aromatic rings. The molecule has 2 rings (SSSR count). The Balaban J connectivity index is 1.99. The molecule has 0 aromatic carbocycles. The van der Waals surface area contributed by atoms with Gasteiger partial charge in [-0.2, -0.15) is 4.31 Å². The SMILES string of the molecule is CC(C)C1(O)CN(S(=O)(=O)C2CCCCC2)C1. The summed E-state index contributed by atoms with van der Waals surface area (Å²) >= 11 is 0. The third kappa shape index (κ3) is 2.37. The van der Waals surface area contributed by atoms with Crippen LogP contribution >= 0.6 is 0 Å². The molecule has 1 saturated heterocycles. The molecule has 4 nitrogen and oxygen atoms in total. The van der Waals surface area contributed by atoms with E-state index in [1.807, 2.05) is 13.8 Å². The van der Waals surface area contributed by atoms with Gasteiger partial charge in [0.25, 0.3) is 0 Å². The van der Waals surface area contributed by atoms with Gasteiger partial charge in [-0.05, 0) is 18.8 Å². The van der Waals surface area contributed by atoms with Crippen molar-refractivity contribution in [3.05, 3.63) is 0 Å². The van der Waals surface area contributed by atoms with Crippen molar-refractivity contribution in [2.24, 2.45) is 5.92 Å². The van der Waals surface area contributed by atoms with Crippen molar-refractivity contribution < 1.29 is 13.5 Å². The van der Waals surface area contributed by atoms with Gasteiger partial charge >= 0.3 is 0 Å². The third-order valence-electron chi connectivity index (χ3n) is 4.31. The van der Waals surface area contributed by atoms with Gasteiger partial charge in [0.05, 0.1) is 10.9 Å². The van der Waals surface area contributed by atoms with E-state index in [1.165, 1.54) is 4.31 Å². The van der Waals surface area contributed by atoms with E-state index in [-0.39, 0.29) is 24.3 Å². The van der Waals surface area contributed by atoms with Gasteiger partial charge in [0.1, 0.15) is 0 Å². The molecule has 0 aromatic heterocycles. The maximum atomic E-state index is 12.3. The standard InChI is InChI=1S/C12H23NO3S/c1-10(2)12(14)8-13(9-12)17(15,16)11-6-4-3-5-7-11/h10-11,14H,3-9H2,1-2H3. The predicted octanol–water partition coefficient (Wildman–Crippen LogP) is 1.35. The van der Waals surface area contributed by atoms with Crippen LogP contribution in [0.15, 0.2) is 0 Å². The lowest BCUT2D eigenvalue weighted by atomic mass is 9.85. The molecular formula is C12H23NO3S. The van der Waals surface area contributed by atoms with Crippen molar-refractivity contribution in [1.29, 1.82) is 0 Å². The highest BCUT2D eigenvalue weighted by atomic mass is 32.2. The van der Waals surface area contributed by atoms with E-state index in [0.717, 1.165) is 32.1 Å². The molecule has 5 heteroatoms. The Hall–Kier alpha value is -0.130. The van der Waals surface area contributed by atoms with Gasteiger partial charge in [-0.25, -0.2) is 8.42 Å². The molecular weight excluding hydrogens is 238 g/mol. The van der Waals surface area contributed by atoms with E-state index < -0.39 is 15.6 Å². The van der Waals surface area contributed by atoms with Crippen molar-refractivity contribution in [2.75, 3.05) is 13.1 Å². The summed E-state index contributed by atoms with van der Waals surface area (Å²) < 4.78 is 26.1. The van der Waals surface area contributed by atoms with Crippen LogP contribution in [-0.4, -0.2) is 41.8 Å². The summed E-state index contributed by atoms with van der Waals surface area (Å²) in [6.45, 7) is 4.43. The van der Waals surface area contributed by atoms with Crippen molar-refractivity contribution in [1.82, 2.24) is 4.31 Å². The van der Waals surface area contributed by atoms with Crippen LogP contribution in [0.3, 0.4) is 0 Å². The first-order valence-electron chi connectivity index (χ1n) is 6.57. The first-order valence-corrected chi connectivity index (χ1v) is 8.08. The molecule has 0 amide bonds. The molecule has 2 fully saturated rings. The van der Waals surface area contributed by atoms with E-state index in [9.17, 15) is 13.5 Å². The number of hydrogen-bond acceptors (Lipinski definition) is 3. The van der Waals surface area contributed by atoms with Crippen LogP contribution in [0.4, 0.5) is 0 Å². The van der Waals surface area contributed by atoms with Gasteiger partial charge in [-0.3, -0.25) is 0 Å². The maximum absolute atomic E-state index is 12.3. The van der Waals surface area contributed by atoms with Gasteiger partial charge in [-0.1, -0.05) is 33.1 Å². The fourth-order valence-corrected chi connectivity index (χ4v) is 4.84. The van der Waals surface area contributed by atoms with Crippen molar-refractivity contribution in [3.63, 3.8) is 0 Å². The Kier molecular flexibility index (Phi) is 3.54. The molecule has 1 aliphatic carbocycles. The molecule has 0 radical (unpaired) electrons. The molecule has 1 aliphatic heterocycles. The van der Waals surface area contributed by atoms with Gasteiger partial charge in [0, 0.05) is 13.1 Å². The normalized spacial score (nSPS) is 27.1. The Labute approximate surface area is 104 Å². The number of nitrogens with zero attached hydrogens (tertiary/aromatic N) is 1. The highest BCUT2D eigenvalue weighted by Crippen LogP contribution is 2.35. The molecule has 1 heterocycles. The van der Waals surface area contributed by atoms with Crippen LogP contribution in [-0.2, 0) is 10.0 Å². The lowest BCUT2D eigenvalue weighted by molar-refractivity contribution is -0.0936. The zero-order valence-electron chi connectivity index (χ0n) is 10.7. The molecule has 0 unspecified atom stereocenters. The van der Waals surface area contributed by atoms with E-state index in [0.29, 0.717) is 0 Å². The second-order valence-electron chi connectivity index (χ2n) is 5.83. The van der Waals surface area contributed by atoms with E-state index in [2.05, 4.69) is 0 Å². The average molecular weight is 261 g/mol. The third-order valence-corrected chi connectivity index (χ3v) is 6.60. The minimum atomic E-state index is -3.16. The smallest absolute Gasteiger partial charge is 0.217 e.